The van der Waals surface area contributed by atoms with E-state index in [-0.39, 0.29) is 22.3 Å². The van der Waals surface area contributed by atoms with E-state index in [4.69, 9.17) is 4.74 Å². The van der Waals surface area contributed by atoms with Crippen molar-refractivity contribution in [2.24, 2.45) is 0 Å². The topological polar surface area (TPSA) is 97.4 Å². The van der Waals surface area contributed by atoms with E-state index in [1.54, 1.807) is 0 Å². The van der Waals surface area contributed by atoms with Gasteiger partial charge in [-0.05, 0) is 44.9 Å². The number of hydrogen-bond donors (Lipinski definition) is 2. The number of carbonyl (C=O) groups excluding carboxylic acids is 1. The van der Waals surface area contributed by atoms with Crippen molar-refractivity contribution in [2.75, 3.05) is 12.4 Å². The lowest BCUT2D eigenvalue weighted by Gasteiger charge is -2.12. The normalized spacial score (nSPS) is 14.4. The summed E-state index contributed by atoms with van der Waals surface area (Å²) in [5.41, 5.74) is 1.08. The molecule has 1 saturated carbocycles. The number of thiazole rings is 1. The van der Waals surface area contributed by atoms with E-state index in [0.717, 1.165) is 23.4 Å². The van der Waals surface area contributed by atoms with Gasteiger partial charge in [0.25, 0.3) is 5.91 Å². The molecular weight excluding hydrogens is 362 g/mol. The summed E-state index contributed by atoms with van der Waals surface area (Å²) in [6.45, 7) is 3.79. The van der Waals surface area contributed by atoms with Gasteiger partial charge in [-0.15, -0.1) is 11.3 Å². The lowest BCUT2D eigenvalue weighted by atomic mass is 10.2. The first kappa shape index (κ1) is 17.8. The zero-order chi connectivity index (χ0) is 18.2. The molecule has 1 amide bonds. The highest BCUT2D eigenvalue weighted by Crippen LogP contribution is 2.29. The van der Waals surface area contributed by atoms with Crippen molar-refractivity contribution in [2.45, 2.75) is 37.6 Å². The first-order valence-corrected chi connectivity index (χ1v) is 10.1. The van der Waals surface area contributed by atoms with Crippen LogP contribution in [-0.4, -0.2) is 32.5 Å². The summed E-state index contributed by atoms with van der Waals surface area (Å²) in [6, 6.07) is 4.30. The fourth-order valence-corrected chi connectivity index (χ4v) is 4.52. The minimum absolute atomic E-state index is 0.0338. The first-order chi connectivity index (χ1) is 11.8. The van der Waals surface area contributed by atoms with Crippen LogP contribution < -0.4 is 14.8 Å². The number of sulfonamides is 1. The molecule has 1 fully saturated rings. The highest BCUT2D eigenvalue weighted by Gasteiger charge is 2.30. The van der Waals surface area contributed by atoms with Crippen LogP contribution in [0.25, 0.3) is 0 Å². The maximum Gasteiger partial charge on any atom is 0.257 e. The Morgan fingerprint density at radius 3 is 2.60 bits per heavy atom. The lowest BCUT2D eigenvalue weighted by molar-refractivity contribution is 0.102. The van der Waals surface area contributed by atoms with E-state index >= 15 is 0 Å². The predicted molar refractivity (Wildman–Crippen MR) is 95.9 cm³/mol. The molecule has 0 saturated heterocycles. The van der Waals surface area contributed by atoms with Crippen LogP contribution in [0.15, 0.2) is 23.1 Å². The van der Waals surface area contributed by atoms with Crippen LogP contribution in [0.3, 0.4) is 0 Å². The van der Waals surface area contributed by atoms with Gasteiger partial charge in [-0.1, -0.05) is 0 Å². The molecule has 9 heteroatoms. The van der Waals surface area contributed by atoms with Crippen molar-refractivity contribution in [1.29, 1.82) is 0 Å². The average Bonchev–Trinajstić information content (AvgIpc) is 3.31. The molecule has 1 aromatic heterocycles. The number of nitrogens with zero attached hydrogens (tertiary/aromatic N) is 1. The minimum Gasteiger partial charge on any atom is -0.495 e. The Labute approximate surface area is 150 Å². The maximum atomic E-state index is 12.5. The SMILES string of the molecule is COc1ccc(C(=O)Nc2nc(C)c(C)s2)cc1S(=O)(=O)NC1CC1. The van der Waals surface area contributed by atoms with E-state index in [2.05, 4.69) is 15.0 Å². The molecule has 0 aliphatic heterocycles. The molecule has 134 valence electrons. The number of rotatable bonds is 6. The van der Waals surface area contributed by atoms with Crippen LogP contribution in [0.5, 0.6) is 5.75 Å². The van der Waals surface area contributed by atoms with Crippen molar-refractivity contribution in [1.82, 2.24) is 9.71 Å². The lowest BCUT2D eigenvalue weighted by Crippen LogP contribution is -2.26. The molecule has 0 radical (unpaired) electrons. The van der Waals surface area contributed by atoms with Gasteiger partial charge in [0.05, 0.1) is 12.8 Å². The van der Waals surface area contributed by atoms with Gasteiger partial charge in [0.2, 0.25) is 10.0 Å². The summed E-state index contributed by atoms with van der Waals surface area (Å²) in [6.07, 6.45) is 1.65. The Morgan fingerprint density at radius 2 is 2.04 bits per heavy atom. The summed E-state index contributed by atoms with van der Waals surface area (Å²) in [4.78, 5) is 17.7. The van der Waals surface area contributed by atoms with Gasteiger partial charge in [-0.3, -0.25) is 10.1 Å². The minimum atomic E-state index is -3.74. The molecule has 1 aromatic carbocycles. The Kier molecular flexibility index (Phi) is 4.81. The summed E-state index contributed by atoms with van der Waals surface area (Å²) in [5, 5.41) is 3.18. The van der Waals surface area contributed by atoms with Crippen LogP contribution in [0.2, 0.25) is 0 Å². The fourth-order valence-electron chi connectivity index (χ4n) is 2.21. The van der Waals surface area contributed by atoms with Crippen LogP contribution >= 0.6 is 11.3 Å². The highest BCUT2D eigenvalue weighted by molar-refractivity contribution is 7.89. The second-order valence-electron chi connectivity index (χ2n) is 5.88. The van der Waals surface area contributed by atoms with Crippen LogP contribution in [0, 0.1) is 13.8 Å². The fraction of sp³-hybridized carbons (Fsp3) is 0.375. The molecule has 1 aliphatic rings. The van der Waals surface area contributed by atoms with E-state index in [1.807, 2.05) is 13.8 Å². The summed E-state index contributed by atoms with van der Waals surface area (Å²) < 4.78 is 32.8. The van der Waals surface area contributed by atoms with Gasteiger partial charge in [-0.25, -0.2) is 18.1 Å². The van der Waals surface area contributed by atoms with E-state index in [0.29, 0.717) is 5.13 Å². The standard InChI is InChI=1S/C16H19N3O4S2/c1-9-10(2)24-16(17-9)18-15(20)11-4-7-13(23-3)14(8-11)25(21,22)19-12-5-6-12/h4,7-8,12,19H,5-6H2,1-3H3,(H,17,18,20). The van der Waals surface area contributed by atoms with Crippen LogP contribution in [0.1, 0.15) is 33.8 Å². The Hall–Kier alpha value is -1.97. The third-order valence-corrected chi connectivity index (χ3v) is 6.39. The van der Waals surface area contributed by atoms with Gasteiger partial charge >= 0.3 is 0 Å². The van der Waals surface area contributed by atoms with Crippen molar-refractivity contribution in [3.8, 4) is 5.75 Å². The Balaban J connectivity index is 1.88. The number of anilines is 1. The number of aryl methyl sites for hydroxylation is 2. The third-order valence-electron chi connectivity index (χ3n) is 3.86. The number of ether oxygens (including phenoxy) is 1. The second-order valence-corrected chi connectivity index (χ2v) is 8.76. The quantitative estimate of drug-likeness (QED) is 0.801. The van der Waals surface area contributed by atoms with Crippen LogP contribution in [0.4, 0.5) is 5.13 Å². The van der Waals surface area contributed by atoms with E-state index < -0.39 is 15.9 Å². The second kappa shape index (κ2) is 6.74. The summed E-state index contributed by atoms with van der Waals surface area (Å²) in [5.74, 6) is -0.218. The van der Waals surface area contributed by atoms with Gasteiger partial charge in [0.15, 0.2) is 5.13 Å². The first-order valence-electron chi connectivity index (χ1n) is 7.76. The number of amides is 1. The van der Waals surface area contributed by atoms with Crippen molar-refractivity contribution >= 4 is 32.4 Å². The molecule has 7 nitrogen and oxygen atoms in total. The predicted octanol–water partition coefficient (Wildman–Crippen LogP) is 2.46. The molecule has 1 aliphatic carbocycles. The zero-order valence-corrected chi connectivity index (χ0v) is 15.8. The van der Waals surface area contributed by atoms with Gasteiger partial charge < -0.3 is 4.74 Å². The van der Waals surface area contributed by atoms with Crippen LogP contribution in [-0.2, 0) is 10.0 Å². The zero-order valence-electron chi connectivity index (χ0n) is 14.1. The monoisotopic (exact) mass is 381 g/mol. The third kappa shape index (κ3) is 4.00. The average molecular weight is 381 g/mol. The molecule has 3 rings (SSSR count). The smallest absolute Gasteiger partial charge is 0.257 e. The summed E-state index contributed by atoms with van der Waals surface area (Å²) in [7, 11) is -2.34. The van der Waals surface area contributed by atoms with Crippen molar-refractivity contribution < 1.29 is 17.9 Å². The van der Waals surface area contributed by atoms with E-state index in [1.165, 1.54) is 36.6 Å². The van der Waals surface area contributed by atoms with Gasteiger partial charge in [-0.2, -0.15) is 0 Å². The maximum absolute atomic E-state index is 12.5. The molecule has 25 heavy (non-hydrogen) atoms. The van der Waals surface area contributed by atoms with Gasteiger partial charge in [0, 0.05) is 16.5 Å². The number of benzene rings is 1. The highest BCUT2D eigenvalue weighted by atomic mass is 32.2. The molecule has 2 aromatic rings. The number of carbonyl (C=O) groups is 1. The Bertz CT molecular complexity index is 898. The van der Waals surface area contributed by atoms with E-state index in [9.17, 15) is 13.2 Å². The Morgan fingerprint density at radius 1 is 1.32 bits per heavy atom. The van der Waals surface area contributed by atoms with Crippen molar-refractivity contribution in [3.63, 3.8) is 0 Å². The molecule has 0 atom stereocenters. The largest absolute Gasteiger partial charge is 0.495 e. The summed E-state index contributed by atoms with van der Waals surface area (Å²) >= 11 is 1.37. The molecule has 0 spiro atoms. The number of methoxy groups -OCH3 is 1. The number of nitrogens with one attached hydrogen (secondary N) is 2. The molecular formula is C16H19N3O4S2. The molecule has 2 N–H and O–H groups in total. The molecule has 0 unspecified atom stereocenters. The molecule has 1 heterocycles. The van der Waals surface area contributed by atoms with Gasteiger partial charge in [0.1, 0.15) is 10.6 Å². The van der Waals surface area contributed by atoms with Crippen molar-refractivity contribution in [3.05, 3.63) is 34.3 Å². The molecule has 0 bridgehead atoms. The number of hydrogen-bond acceptors (Lipinski definition) is 6. The number of aromatic nitrogens is 1.